The predicted molar refractivity (Wildman–Crippen MR) is 234 cm³/mol. The lowest BCUT2D eigenvalue weighted by Gasteiger charge is -2.56. The van der Waals surface area contributed by atoms with Gasteiger partial charge in [0.1, 0.15) is 0 Å². The molecule has 0 radical (unpaired) electrons. The summed E-state index contributed by atoms with van der Waals surface area (Å²) < 4.78 is 0. The minimum atomic E-state index is -2.93. The summed E-state index contributed by atoms with van der Waals surface area (Å²) in [6, 6.07) is 0. The van der Waals surface area contributed by atoms with Gasteiger partial charge >= 0.3 is 23.9 Å². The van der Waals surface area contributed by atoms with Crippen LogP contribution in [-0.2, 0) is 38.5 Å². The molecule has 0 aromatic rings. The fourth-order valence-electron chi connectivity index (χ4n) is 10.2. The Labute approximate surface area is 364 Å². The minimum absolute atomic E-state index is 0.129. The average Bonchev–Trinajstić information content (AvgIpc) is 3.12. The molecule has 5 unspecified atom stereocenters. The van der Waals surface area contributed by atoms with E-state index in [9.17, 15) is 0 Å². The van der Waals surface area contributed by atoms with Crippen LogP contribution in [-0.4, -0.2) is 92.5 Å². The first-order chi connectivity index (χ1) is 27.1. The first-order valence-electron chi connectivity index (χ1n) is 23.1. The molecular formula is C48H86N4O8. The first kappa shape index (κ1) is 50.4. The van der Waals surface area contributed by atoms with Gasteiger partial charge in [-0.2, -0.15) is 0 Å². The monoisotopic (exact) mass is 847 g/mol. The highest BCUT2D eigenvalue weighted by molar-refractivity contribution is 6.20. The highest BCUT2D eigenvalue weighted by Gasteiger charge is 2.69. The van der Waals surface area contributed by atoms with Gasteiger partial charge in [-0.25, -0.2) is 19.2 Å². The molecule has 4 fully saturated rings. The summed E-state index contributed by atoms with van der Waals surface area (Å²) in [5.74, 6) is -5.05. The number of piperidine rings is 4. The van der Waals surface area contributed by atoms with Crippen molar-refractivity contribution in [1.29, 1.82) is 0 Å². The Kier molecular flexibility index (Phi) is 13.7. The molecule has 0 N–H and O–H groups in total. The van der Waals surface area contributed by atoms with Crippen molar-refractivity contribution in [1.82, 2.24) is 20.3 Å². The van der Waals surface area contributed by atoms with Crippen LogP contribution in [0.15, 0.2) is 0 Å². The molecule has 5 atom stereocenters. The van der Waals surface area contributed by atoms with Crippen molar-refractivity contribution < 1.29 is 38.5 Å². The Morgan fingerprint density at radius 2 is 0.667 bits per heavy atom. The van der Waals surface area contributed by atoms with Crippen molar-refractivity contribution in [2.75, 3.05) is 26.2 Å². The van der Waals surface area contributed by atoms with Gasteiger partial charge in [-0.05, 0) is 133 Å². The summed E-state index contributed by atoms with van der Waals surface area (Å²) in [6.07, 6.45) is 2.73. The summed E-state index contributed by atoms with van der Waals surface area (Å²) in [5.41, 5.74) is -7.07. The molecule has 0 aliphatic carbocycles. The molecule has 0 spiro atoms. The van der Waals surface area contributed by atoms with Crippen LogP contribution in [0.1, 0.15) is 178 Å². The van der Waals surface area contributed by atoms with Gasteiger partial charge in [0.25, 0.3) is 5.41 Å². The van der Waals surface area contributed by atoms with Crippen molar-refractivity contribution in [2.24, 2.45) is 56.7 Å². The second kappa shape index (κ2) is 16.4. The predicted octanol–water partition coefficient (Wildman–Crippen LogP) is 9.42. The summed E-state index contributed by atoms with van der Waals surface area (Å²) in [6.45, 7) is 45.1. The van der Waals surface area contributed by atoms with E-state index < -0.39 is 57.4 Å². The molecule has 346 valence electrons. The van der Waals surface area contributed by atoms with Crippen LogP contribution in [0.4, 0.5) is 0 Å². The summed E-state index contributed by atoms with van der Waals surface area (Å²) in [5, 5.41) is 6.43. The topological polar surface area (TPSA) is 118 Å². The van der Waals surface area contributed by atoms with Gasteiger partial charge in [0.15, 0.2) is 0 Å². The number of carbonyl (C=O) groups excluding carboxylic acids is 4. The lowest BCUT2D eigenvalue weighted by molar-refractivity contribution is -0.293. The number of carbonyl (C=O) groups is 4. The molecule has 4 aliphatic rings. The van der Waals surface area contributed by atoms with Gasteiger partial charge in [0, 0.05) is 26.2 Å². The van der Waals surface area contributed by atoms with Gasteiger partial charge in [0.05, 0.1) is 28.1 Å². The zero-order valence-corrected chi connectivity index (χ0v) is 41.8. The van der Waals surface area contributed by atoms with Crippen LogP contribution >= 0.6 is 0 Å². The molecule has 0 aromatic carbocycles. The Bertz CT molecular complexity index is 1490. The molecule has 12 nitrogen and oxygen atoms in total. The van der Waals surface area contributed by atoms with E-state index in [1.807, 2.05) is 55.4 Å². The zero-order valence-electron chi connectivity index (χ0n) is 41.8. The minimum Gasteiger partial charge on any atom is -0.367 e. The molecule has 12 heteroatoms. The van der Waals surface area contributed by atoms with Crippen molar-refractivity contribution >= 4 is 23.9 Å². The van der Waals surface area contributed by atoms with Gasteiger partial charge in [-0.15, -0.1) is 20.3 Å². The number of hydrogen-bond acceptors (Lipinski definition) is 12. The standard InChI is InChI=1S/C48H86N4O8/c1-22-35(36(53)57-49-27-23-31(2)40(6,7)44(49,14)15)48(37(54)58-50-28-24-32(3)41(8,9)45(50,16)17,38(55)59-51-29-25-33(4)42(10,11)46(51,18)19)39(56)60-52-30-26-34(5)43(12,13)47(52,20)21/h31-35H,22-30H2,1-21H3. The van der Waals surface area contributed by atoms with E-state index >= 15 is 19.2 Å². The molecule has 4 aliphatic heterocycles. The van der Waals surface area contributed by atoms with Gasteiger partial charge < -0.3 is 19.4 Å². The third kappa shape index (κ3) is 7.65. The van der Waals surface area contributed by atoms with Crippen LogP contribution in [0, 0.1) is 56.7 Å². The fraction of sp³-hybridized carbons (Fsp3) is 0.917. The molecule has 0 aromatic heterocycles. The maximum Gasteiger partial charge on any atom is 0.355 e. The summed E-state index contributed by atoms with van der Waals surface area (Å²) in [7, 11) is 0. The number of nitrogens with zero attached hydrogens (tertiary/aromatic N) is 4. The lowest BCUT2D eigenvalue weighted by Crippen LogP contribution is -2.67. The molecule has 0 saturated carbocycles. The molecule has 4 saturated heterocycles. The van der Waals surface area contributed by atoms with Gasteiger partial charge in [-0.1, -0.05) is 90.0 Å². The Morgan fingerprint density at radius 1 is 0.450 bits per heavy atom. The normalized spacial score (nSPS) is 32.4. The van der Waals surface area contributed by atoms with Crippen LogP contribution in [0.3, 0.4) is 0 Å². The third-order valence-electron chi connectivity index (χ3n) is 19.8. The van der Waals surface area contributed by atoms with E-state index in [2.05, 4.69) is 83.1 Å². The highest BCUT2D eigenvalue weighted by atomic mass is 16.8. The van der Waals surface area contributed by atoms with Crippen molar-refractivity contribution in [3.8, 4) is 0 Å². The molecule has 0 amide bonds. The van der Waals surface area contributed by atoms with E-state index in [1.165, 1.54) is 0 Å². The maximum absolute atomic E-state index is 15.7. The largest absolute Gasteiger partial charge is 0.367 e. The first-order valence-corrected chi connectivity index (χ1v) is 23.1. The van der Waals surface area contributed by atoms with Crippen molar-refractivity contribution in [2.45, 2.75) is 200 Å². The summed E-state index contributed by atoms with van der Waals surface area (Å²) in [4.78, 5) is 88.0. The average molecular weight is 847 g/mol. The molecule has 4 rings (SSSR count). The van der Waals surface area contributed by atoms with E-state index in [1.54, 1.807) is 27.2 Å². The summed E-state index contributed by atoms with van der Waals surface area (Å²) >= 11 is 0. The van der Waals surface area contributed by atoms with Crippen LogP contribution in [0.5, 0.6) is 0 Å². The smallest absolute Gasteiger partial charge is 0.355 e. The number of hydrogen-bond donors (Lipinski definition) is 0. The maximum atomic E-state index is 15.7. The zero-order chi connectivity index (χ0) is 46.2. The van der Waals surface area contributed by atoms with Crippen LogP contribution in [0.2, 0.25) is 0 Å². The van der Waals surface area contributed by atoms with Crippen molar-refractivity contribution in [3.05, 3.63) is 0 Å². The second-order valence-electron chi connectivity index (χ2n) is 23.6. The van der Waals surface area contributed by atoms with E-state index in [-0.39, 0.29) is 45.8 Å². The Balaban J connectivity index is 1.96. The fourth-order valence-corrected chi connectivity index (χ4v) is 10.2. The third-order valence-corrected chi connectivity index (χ3v) is 19.8. The van der Waals surface area contributed by atoms with Gasteiger partial charge in [0.2, 0.25) is 0 Å². The van der Waals surface area contributed by atoms with Gasteiger partial charge in [-0.3, -0.25) is 0 Å². The Hall–Kier alpha value is -2.28. The van der Waals surface area contributed by atoms with E-state index in [0.717, 1.165) is 6.42 Å². The van der Waals surface area contributed by atoms with Crippen LogP contribution < -0.4 is 0 Å². The number of hydroxylamine groups is 8. The molecular weight excluding hydrogens is 761 g/mol. The van der Waals surface area contributed by atoms with Crippen LogP contribution in [0.25, 0.3) is 0 Å². The molecule has 60 heavy (non-hydrogen) atoms. The highest BCUT2D eigenvalue weighted by Crippen LogP contribution is 2.53. The lowest BCUT2D eigenvalue weighted by atomic mass is 9.63. The number of rotatable bonds is 10. The molecule has 0 bridgehead atoms. The Morgan fingerprint density at radius 3 is 0.883 bits per heavy atom. The quantitative estimate of drug-likeness (QED) is 0.195. The van der Waals surface area contributed by atoms with E-state index in [4.69, 9.17) is 19.4 Å². The van der Waals surface area contributed by atoms with Crippen molar-refractivity contribution in [3.63, 3.8) is 0 Å². The molecule has 4 heterocycles. The van der Waals surface area contributed by atoms with E-state index in [0.29, 0.717) is 51.4 Å². The second-order valence-corrected chi connectivity index (χ2v) is 23.6. The SMILES string of the molecule is CCC(C(=O)ON1CCC(C)C(C)(C)C1(C)C)C(C(=O)ON1CCC(C)C(C)(C)C1(C)C)(C(=O)ON1CCC(C)C(C)(C)C1(C)C)C(=O)ON1CCC(C)C(C)(C)C1(C)C.